The molecule has 0 saturated heterocycles. The highest BCUT2D eigenvalue weighted by Gasteiger charge is 2.67. The number of likely N-dealkylation sites (N-methyl/N-ethyl adjacent to an activating group) is 1. The molecule has 0 rings (SSSR count). The predicted molar refractivity (Wildman–Crippen MR) is 82.5 cm³/mol. The summed E-state index contributed by atoms with van der Waals surface area (Å²) in [5.41, 5.74) is 0. The van der Waals surface area contributed by atoms with Gasteiger partial charge in [-0.1, -0.05) is 19.2 Å². The maximum Gasteiger partial charge on any atom is 0.466 e. The monoisotopic (exact) mass is 447 g/mol. The highest BCUT2D eigenvalue weighted by atomic mass is 32.1. The van der Waals surface area contributed by atoms with Gasteiger partial charge in [0.25, 0.3) is 0 Å². The quantitative estimate of drug-likeness (QED) is 0.139. The summed E-state index contributed by atoms with van der Waals surface area (Å²) in [7, 11) is 1.69. The topological polar surface area (TPSA) is 55.8 Å². The molecular formula is C14H17F8NO4S. The molecule has 164 valence electrons. The molecule has 0 aliphatic carbocycles. The first-order valence-corrected chi connectivity index (χ1v) is 7.82. The molecule has 0 spiro atoms. The minimum Gasteiger partial charge on any atom is -0.410 e. The van der Waals surface area contributed by atoms with Crippen LogP contribution in [0.4, 0.5) is 35.1 Å². The summed E-state index contributed by atoms with van der Waals surface area (Å²) in [5, 5.41) is -4.65. The summed E-state index contributed by atoms with van der Waals surface area (Å²) >= 11 is 2.44. The molecule has 0 heterocycles. The maximum atomic E-state index is 13.4. The summed E-state index contributed by atoms with van der Waals surface area (Å²) < 4.78 is 112. The molecule has 0 bridgehead atoms. The summed E-state index contributed by atoms with van der Waals surface area (Å²) in [6.07, 6.45) is -8.56. The Labute approximate surface area is 160 Å². The molecular weight excluding hydrogens is 430 g/mol. The van der Waals surface area contributed by atoms with Gasteiger partial charge in [0.2, 0.25) is 5.83 Å². The Morgan fingerprint density at radius 3 is 1.89 bits per heavy atom. The number of rotatable bonds is 10. The van der Waals surface area contributed by atoms with Crippen molar-refractivity contribution in [2.45, 2.75) is 42.4 Å². The van der Waals surface area contributed by atoms with E-state index in [2.05, 4.69) is 28.7 Å². The van der Waals surface area contributed by atoms with E-state index in [9.17, 15) is 44.7 Å². The van der Waals surface area contributed by atoms with Crippen LogP contribution in [0.1, 0.15) is 19.3 Å². The lowest BCUT2D eigenvalue weighted by atomic mass is 10.1. The number of halogens is 8. The Kier molecular flexibility index (Phi) is 8.76. The number of nitrogens with zero attached hydrogens (tertiary/aromatic N) is 1. The van der Waals surface area contributed by atoms with Crippen LogP contribution in [0.2, 0.25) is 0 Å². The van der Waals surface area contributed by atoms with Gasteiger partial charge in [-0.05, 0) is 12.8 Å². The number of hydrogen-bond donors (Lipinski definition) is 1. The molecule has 0 N–H and O–H groups in total. The van der Waals surface area contributed by atoms with E-state index in [-0.39, 0.29) is 0 Å². The first-order valence-electron chi connectivity index (χ1n) is 7.37. The molecule has 0 fully saturated rings. The summed E-state index contributed by atoms with van der Waals surface area (Å²) in [6, 6.07) is 0. The van der Waals surface area contributed by atoms with Gasteiger partial charge in [0.05, 0.1) is 6.61 Å². The van der Waals surface area contributed by atoms with Crippen LogP contribution in [-0.2, 0) is 19.1 Å². The number of esters is 1. The first-order chi connectivity index (χ1) is 12.4. The summed E-state index contributed by atoms with van der Waals surface area (Å²) in [5.74, 6) is -15.0. The SMILES string of the molecule is C=C(F)C(=O)OC(OCCCCC(F)(F)C(F)(F)S)(C(=O)N(C)C)C(F)(F)F. The van der Waals surface area contributed by atoms with E-state index in [1.807, 2.05) is 0 Å². The third-order valence-corrected chi connectivity index (χ3v) is 3.48. The Hall–Kier alpha value is -1.57. The number of carbonyl (C=O) groups is 2. The second kappa shape index (κ2) is 9.29. The molecule has 0 radical (unpaired) electrons. The number of alkyl halides is 7. The van der Waals surface area contributed by atoms with E-state index in [1.54, 1.807) is 0 Å². The minimum absolute atomic E-state index is 0.331. The molecule has 0 aromatic carbocycles. The number of hydrogen-bond acceptors (Lipinski definition) is 5. The molecule has 5 nitrogen and oxygen atoms in total. The van der Waals surface area contributed by atoms with E-state index in [4.69, 9.17) is 0 Å². The number of amides is 1. The zero-order valence-electron chi connectivity index (χ0n) is 14.6. The fraction of sp³-hybridized carbons (Fsp3) is 0.714. The van der Waals surface area contributed by atoms with E-state index in [0.29, 0.717) is 4.90 Å². The highest BCUT2D eigenvalue weighted by molar-refractivity contribution is 7.81. The molecule has 0 aliphatic rings. The number of unbranched alkanes of at least 4 members (excludes halogenated alkanes) is 1. The van der Waals surface area contributed by atoms with Gasteiger partial charge in [0.15, 0.2) is 0 Å². The first kappa shape index (κ1) is 26.4. The average molecular weight is 447 g/mol. The van der Waals surface area contributed by atoms with Crippen LogP contribution in [0.5, 0.6) is 0 Å². The Morgan fingerprint density at radius 1 is 1.04 bits per heavy atom. The number of thiol groups is 1. The third-order valence-electron chi connectivity index (χ3n) is 3.15. The summed E-state index contributed by atoms with van der Waals surface area (Å²) in [6.45, 7) is 1.32. The van der Waals surface area contributed by atoms with Crippen LogP contribution in [-0.4, -0.2) is 60.6 Å². The molecule has 0 aliphatic heterocycles. The van der Waals surface area contributed by atoms with Gasteiger partial charge in [0, 0.05) is 20.5 Å². The van der Waals surface area contributed by atoms with Crippen LogP contribution in [0, 0.1) is 0 Å². The molecule has 28 heavy (non-hydrogen) atoms. The Bertz CT molecular complexity index is 591. The molecule has 1 amide bonds. The lowest BCUT2D eigenvalue weighted by Gasteiger charge is -2.34. The molecule has 0 aromatic rings. The van der Waals surface area contributed by atoms with Crippen molar-refractivity contribution in [1.29, 1.82) is 0 Å². The second-order valence-electron chi connectivity index (χ2n) is 5.66. The van der Waals surface area contributed by atoms with Gasteiger partial charge in [-0.15, -0.1) is 0 Å². The number of carbonyl (C=O) groups excluding carboxylic acids is 2. The van der Waals surface area contributed by atoms with E-state index in [0.717, 1.165) is 14.1 Å². The summed E-state index contributed by atoms with van der Waals surface area (Å²) in [4.78, 5) is 23.5. The van der Waals surface area contributed by atoms with Crippen molar-refractivity contribution in [3.8, 4) is 0 Å². The zero-order chi connectivity index (χ0) is 22.6. The van der Waals surface area contributed by atoms with Crippen molar-refractivity contribution >= 4 is 24.5 Å². The lowest BCUT2D eigenvalue weighted by molar-refractivity contribution is -0.350. The smallest absolute Gasteiger partial charge is 0.410 e. The van der Waals surface area contributed by atoms with Crippen LogP contribution >= 0.6 is 12.6 Å². The van der Waals surface area contributed by atoms with E-state index in [1.165, 1.54) is 0 Å². The van der Waals surface area contributed by atoms with Crippen molar-refractivity contribution in [3.05, 3.63) is 12.4 Å². The van der Waals surface area contributed by atoms with Crippen molar-refractivity contribution in [1.82, 2.24) is 4.90 Å². The Balaban J connectivity index is 5.36. The molecule has 14 heteroatoms. The Morgan fingerprint density at radius 2 is 1.54 bits per heavy atom. The standard InChI is InChI=1S/C14H17F8NO4S/c1-8(15)9(24)27-12(13(18,19)20,10(25)23(2)3)26-7-5-4-6-11(16,17)14(21,22)28/h28H,1,4-7H2,2-3H3. The van der Waals surface area contributed by atoms with Gasteiger partial charge in [-0.2, -0.15) is 35.1 Å². The third kappa shape index (κ3) is 6.50. The van der Waals surface area contributed by atoms with Gasteiger partial charge in [0.1, 0.15) is 0 Å². The minimum atomic E-state index is -5.69. The number of ether oxygens (including phenoxy) is 2. The fourth-order valence-corrected chi connectivity index (χ4v) is 1.80. The predicted octanol–water partition coefficient (Wildman–Crippen LogP) is 3.70. The maximum absolute atomic E-state index is 13.4. The average Bonchev–Trinajstić information content (AvgIpc) is 2.49. The van der Waals surface area contributed by atoms with Crippen molar-refractivity contribution in [3.63, 3.8) is 0 Å². The fourth-order valence-electron chi connectivity index (χ4n) is 1.69. The van der Waals surface area contributed by atoms with Crippen LogP contribution in [0.15, 0.2) is 12.4 Å². The largest absolute Gasteiger partial charge is 0.466 e. The molecule has 1 atom stereocenters. The van der Waals surface area contributed by atoms with Gasteiger partial charge in [-0.3, -0.25) is 4.79 Å². The normalized spacial score (nSPS) is 15.0. The van der Waals surface area contributed by atoms with Gasteiger partial charge >= 0.3 is 35.0 Å². The van der Waals surface area contributed by atoms with Crippen molar-refractivity contribution < 1.29 is 54.2 Å². The van der Waals surface area contributed by atoms with Crippen LogP contribution in [0.3, 0.4) is 0 Å². The zero-order valence-corrected chi connectivity index (χ0v) is 15.5. The van der Waals surface area contributed by atoms with Crippen molar-refractivity contribution in [2.24, 2.45) is 0 Å². The van der Waals surface area contributed by atoms with Crippen LogP contribution in [0.25, 0.3) is 0 Å². The van der Waals surface area contributed by atoms with E-state index < -0.39 is 66.7 Å². The second-order valence-corrected chi connectivity index (χ2v) is 6.22. The molecule has 0 aromatic heterocycles. The molecule has 1 unspecified atom stereocenters. The van der Waals surface area contributed by atoms with Gasteiger partial charge in [-0.25, -0.2) is 4.79 Å². The highest BCUT2D eigenvalue weighted by Crippen LogP contribution is 2.41. The molecule has 0 saturated carbocycles. The van der Waals surface area contributed by atoms with E-state index >= 15 is 0 Å². The van der Waals surface area contributed by atoms with Gasteiger partial charge < -0.3 is 14.4 Å². The lowest BCUT2D eigenvalue weighted by Crippen LogP contribution is -2.61. The van der Waals surface area contributed by atoms with Crippen LogP contribution < -0.4 is 0 Å². The van der Waals surface area contributed by atoms with Crippen molar-refractivity contribution in [2.75, 3.05) is 20.7 Å².